The number of aryl methyl sites for hydroxylation is 1. The van der Waals surface area contributed by atoms with Gasteiger partial charge in [0.15, 0.2) is 0 Å². The van der Waals surface area contributed by atoms with E-state index in [2.05, 4.69) is 65.2 Å². The molecule has 2 atom stereocenters. The van der Waals surface area contributed by atoms with Gasteiger partial charge in [-0.05, 0) is 66.0 Å². The largest absolute Gasteiger partial charge is 0.350 e. The summed E-state index contributed by atoms with van der Waals surface area (Å²) in [4.78, 5) is 25.1. The van der Waals surface area contributed by atoms with Crippen LogP contribution in [0.4, 0.5) is 0 Å². The average molecular weight is 427 g/mol. The minimum Gasteiger partial charge on any atom is -0.350 e. The van der Waals surface area contributed by atoms with E-state index in [1.165, 1.54) is 27.5 Å². The third kappa shape index (κ3) is 4.40. The van der Waals surface area contributed by atoms with E-state index in [0.717, 1.165) is 32.1 Å². The first kappa shape index (κ1) is 20.7. The molecule has 1 heterocycles. The zero-order valence-electron chi connectivity index (χ0n) is 18.4. The number of benzene rings is 3. The Morgan fingerprint density at radius 3 is 2.66 bits per heavy atom. The molecule has 1 aliphatic heterocycles. The van der Waals surface area contributed by atoms with E-state index in [4.69, 9.17) is 0 Å². The van der Waals surface area contributed by atoms with Gasteiger partial charge >= 0.3 is 0 Å². The van der Waals surface area contributed by atoms with Gasteiger partial charge in [0.1, 0.15) is 0 Å². The molecule has 32 heavy (non-hydrogen) atoms. The third-order valence-corrected chi connectivity index (χ3v) is 7.13. The van der Waals surface area contributed by atoms with E-state index in [-0.39, 0.29) is 23.4 Å². The summed E-state index contributed by atoms with van der Waals surface area (Å²) in [5, 5.41) is 8.91. The van der Waals surface area contributed by atoms with Crippen LogP contribution in [0.5, 0.6) is 0 Å². The molecule has 4 nitrogen and oxygen atoms in total. The Kier molecular flexibility index (Phi) is 5.69. The van der Waals surface area contributed by atoms with E-state index in [9.17, 15) is 9.59 Å². The molecular formula is C28H30N2O2. The zero-order valence-corrected chi connectivity index (χ0v) is 18.4. The number of hydrogen-bond donors (Lipinski definition) is 2. The van der Waals surface area contributed by atoms with Gasteiger partial charge in [-0.2, -0.15) is 0 Å². The maximum atomic E-state index is 12.9. The predicted molar refractivity (Wildman–Crippen MR) is 127 cm³/mol. The Balaban J connectivity index is 1.27. The van der Waals surface area contributed by atoms with Gasteiger partial charge < -0.3 is 10.6 Å². The van der Waals surface area contributed by atoms with Crippen LogP contribution in [0.15, 0.2) is 66.7 Å². The number of amides is 2. The first-order chi connectivity index (χ1) is 15.6. The van der Waals surface area contributed by atoms with Gasteiger partial charge in [-0.25, -0.2) is 0 Å². The highest BCUT2D eigenvalue weighted by atomic mass is 16.2. The molecule has 0 bridgehead atoms. The van der Waals surface area contributed by atoms with Crippen molar-refractivity contribution < 1.29 is 9.59 Å². The Hall–Kier alpha value is -3.14. The van der Waals surface area contributed by atoms with E-state index in [1.807, 2.05) is 12.1 Å². The topological polar surface area (TPSA) is 58.2 Å². The molecule has 0 saturated carbocycles. The minimum absolute atomic E-state index is 0.0748. The quantitative estimate of drug-likeness (QED) is 0.582. The normalized spacial score (nSPS) is 22.4. The summed E-state index contributed by atoms with van der Waals surface area (Å²) in [6, 6.07) is 23.3. The van der Waals surface area contributed by atoms with Crippen LogP contribution >= 0.6 is 0 Å². The lowest BCUT2D eigenvalue weighted by Crippen LogP contribution is -2.44. The van der Waals surface area contributed by atoms with Crippen molar-refractivity contribution in [2.75, 3.05) is 0 Å². The van der Waals surface area contributed by atoms with Crippen molar-refractivity contribution in [2.45, 2.75) is 62.9 Å². The molecule has 1 saturated heterocycles. The first-order valence-electron chi connectivity index (χ1n) is 11.8. The van der Waals surface area contributed by atoms with Crippen molar-refractivity contribution in [3.05, 3.63) is 83.4 Å². The molecule has 3 aromatic carbocycles. The van der Waals surface area contributed by atoms with Crippen molar-refractivity contribution in [3.63, 3.8) is 0 Å². The second kappa shape index (κ2) is 8.78. The molecule has 2 aliphatic rings. The Bertz CT molecular complexity index is 1150. The van der Waals surface area contributed by atoms with Gasteiger partial charge in [-0.15, -0.1) is 0 Å². The standard InChI is InChI=1S/C28H30N2O2/c31-26(29-25-11-5-9-22-7-3-4-10-24(22)25)14-16-28(17-15-27(32)30-28)19-20-12-13-21-6-1-2-8-23(21)18-20/h1-4,6-8,10,12-13,18,25H,5,9,11,14-17,19H2,(H,29,31)(H,30,32)/t25-,28+/m0/s1. The summed E-state index contributed by atoms with van der Waals surface area (Å²) in [7, 11) is 0. The van der Waals surface area contributed by atoms with E-state index >= 15 is 0 Å². The van der Waals surface area contributed by atoms with Crippen molar-refractivity contribution >= 4 is 22.6 Å². The van der Waals surface area contributed by atoms with E-state index < -0.39 is 0 Å². The van der Waals surface area contributed by atoms with Gasteiger partial charge in [-0.1, -0.05) is 66.7 Å². The molecule has 2 amide bonds. The van der Waals surface area contributed by atoms with Crippen LogP contribution in [0.1, 0.15) is 61.3 Å². The van der Waals surface area contributed by atoms with Crippen molar-refractivity contribution in [3.8, 4) is 0 Å². The molecule has 1 aliphatic carbocycles. The maximum absolute atomic E-state index is 12.9. The van der Waals surface area contributed by atoms with Gasteiger partial charge in [0.25, 0.3) is 0 Å². The minimum atomic E-state index is -0.346. The number of rotatable bonds is 6. The van der Waals surface area contributed by atoms with E-state index in [0.29, 0.717) is 19.3 Å². The summed E-state index contributed by atoms with van der Waals surface area (Å²) < 4.78 is 0. The van der Waals surface area contributed by atoms with Crippen molar-refractivity contribution in [1.82, 2.24) is 10.6 Å². The number of nitrogens with one attached hydrogen (secondary N) is 2. The van der Waals surface area contributed by atoms with Crippen LogP contribution in [-0.4, -0.2) is 17.4 Å². The number of carbonyl (C=O) groups excluding carboxylic acids is 2. The molecule has 0 aromatic heterocycles. The fraction of sp³-hybridized carbons (Fsp3) is 0.357. The fourth-order valence-electron chi connectivity index (χ4n) is 5.44. The molecule has 5 rings (SSSR count). The monoisotopic (exact) mass is 426 g/mol. The second-order valence-corrected chi connectivity index (χ2v) is 9.40. The average Bonchev–Trinajstić information content (AvgIpc) is 3.18. The lowest BCUT2D eigenvalue weighted by atomic mass is 9.84. The molecule has 2 N–H and O–H groups in total. The van der Waals surface area contributed by atoms with Crippen molar-refractivity contribution in [1.29, 1.82) is 0 Å². The smallest absolute Gasteiger partial charge is 0.220 e. The number of carbonyl (C=O) groups is 2. The third-order valence-electron chi connectivity index (χ3n) is 7.13. The molecule has 1 fully saturated rings. The Morgan fingerprint density at radius 2 is 1.81 bits per heavy atom. The summed E-state index contributed by atoms with van der Waals surface area (Å²) in [5.41, 5.74) is 3.46. The Morgan fingerprint density at radius 1 is 1.00 bits per heavy atom. The Labute approximate surface area is 189 Å². The fourth-order valence-corrected chi connectivity index (χ4v) is 5.44. The summed E-state index contributed by atoms with van der Waals surface area (Å²) in [6.45, 7) is 0. The molecular weight excluding hydrogens is 396 g/mol. The first-order valence-corrected chi connectivity index (χ1v) is 11.8. The van der Waals surface area contributed by atoms with Gasteiger partial charge in [0, 0.05) is 18.4 Å². The van der Waals surface area contributed by atoms with E-state index in [1.54, 1.807) is 0 Å². The summed E-state index contributed by atoms with van der Waals surface area (Å²) in [5.74, 6) is 0.165. The van der Waals surface area contributed by atoms with Crippen LogP contribution in [0.25, 0.3) is 10.8 Å². The van der Waals surface area contributed by atoms with Crippen molar-refractivity contribution in [2.24, 2.45) is 0 Å². The summed E-state index contributed by atoms with van der Waals surface area (Å²) in [6.07, 6.45) is 6.32. The van der Waals surface area contributed by atoms with Crippen LogP contribution in [0.2, 0.25) is 0 Å². The summed E-state index contributed by atoms with van der Waals surface area (Å²) >= 11 is 0. The maximum Gasteiger partial charge on any atom is 0.220 e. The van der Waals surface area contributed by atoms with Gasteiger partial charge in [0.2, 0.25) is 11.8 Å². The molecule has 3 aromatic rings. The SMILES string of the molecule is O=C(CC[C@]1(Cc2ccc3ccccc3c2)CCC(=O)N1)N[C@H]1CCCc2ccccc21. The molecule has 164 valence electrons. The van der Waals surface area contributed by atoms with Crippen LogP contribution < -0.4 is 10.6 Å². The van der Waals surface area contributed by atoms with Crippen LogP contribution in [0, 0.1) is 0 Å². The molecule has 0 spiro atoms. The molecule has 0 unspecified atom stereocenters. The number of fused-ring (bicyclic) bond motifs is 2. The van der Waals surface area contributed by atoms with Gasteiger partial charge in [0.05, 0.1) is 6.04 Å². The van der Waals surface area contributed by atoms with Crippen LogP contribution in [0.3, 0.4) is 0 Å². The van der Waals surface area contributed by atoms with Crippen LogP contribution in [-0.2, 0) is 22.4 Å². The highest BCUT2D eigenvalue weighted by Gasteiger charge is 2.38. The van der Waals surface area contributed by atoms with Gasteiger partial charge in [-0.3, -0.25) is 9.59 Å². The number of hydrogen-bond acceptors (Lipinski definition) is 2. The molecule has 4 heteroatoms. The highest BCUT2D eigenvalue weighted by Crippen LogP contribution is 2.32. The highest BCUT2D eigenvalue weighted by molar-refractivity contribution is 5.83. The second-order valence-electron chi connectivity index (χ2n) is 9.40. The lowest BCUT2D eigenvalue weighted by molar-refractivity contribution is -0.123. The lowest BCUT2D eigenvalue weighted by Gasteiger charge is -2.30. The predicted octanol–water partition coefficient (Wildman–Crippen LogP) is 5.01. The zero-order chi connectivity index (χ0) is 22.0. The molecule has 0 radical (unpaired) electrons.